The molecule has 23 heavy (non-hydrogen) atoms. The van der Waals surface area contributed by atoms with Gasteiger partial charge in [-0.25, -0.2) is 4.98 Å². The standard InChI is InChI=1S/C17H25N3O2S/c1-13-18-14(11-23-13)10-19-6-4-17(16(19)21)5-7-20(12-17)15-2-8-22-9-3-15/h11,15H,2-10,12H2,1H3. The second-order valence-corrected chi connectivity index (χ2v) is 8.24. The van der Waals surface area contributed by atoms with Crippen molar-refractivity contribution in [2.45, 2.75) is 45.2 Å². The van der Waals surface area contributed by atoms with E-state index in [1.165, 1.54) is 0 Å². The molecule has 1 aromatic heterocycles. The van der Waals surface area contributed by atoms with Crippen LogP contribution in [0.4, 0.5) is 0 Å². The Labute approximate surface area is 141 Å². The quantitative estimate of drug-likeness (QED) is 0.848. The Bertz CT molecular complexity index is 584. The highest BCUT2D eigenvalue weighted by Gasteiger charge is 2.51. The molecule has 6 heteroatoms. The van der Waals surface area contributed by atoms with E-state index in [9.17, 15) is 4.79 Å². The summed E-state index contributed by atoms with van der Waals surface area (Å²) in [5.74, 6) is 0.359. The maximum absolute atomic E-state index is 13.0. The lowest BCUT2D eigenvalue weighted by Crippen LogP contribution is -2.41. The molecule has 1 aromatic rings. The number of rotatable bonds is 3. The van der Waals surface area contributed by atoms with Gasteiger partial charge >= 0.3 is 0 Å². The summed E-state index contributed by atoms with van der Waals surface area (Å²) in [6.07, 6.45) is 4.27. The fourth-order valence-corrected chi connectivity index (χ4v) is 4.97. The molecule has 0 N–H and O–H groups in total. The number of carbonyl (C=O) groups excluding carboxylic acids is 1. The predicted octanol–water partition coefficient (Wildman–Crippen LogP) is 2.05. The van der Waals surface area contributed by atoms with E-state index in [4.69, 9.17) is 4.74 Å². The number of ether oxygens (including phenoxy) is 1. The highest BCUT2D eigenvalue weighted by molar-refractivity contribution is 7.09. The summed E-state index contributed by atoms with van der Waals surface area (Å²) >= 11 is 1.66. The van der Waals surface area contributed by atoms with Gasteiger partial charge in [0.2, 0.25) is 5.91 Å². The van der Waals surface area contributed by atoms with Crippen LogP contribution in [0, 0.1) is 12.3 Å². The monoisotopic (exact) mass is 335 g/mol. The second kappa shape index (κ2) is 6.15. The van der Waals surface area contributed by atoms with Gasteiger partial charge in [-0.15, -0.1) is 11.3 Å². The Morgan fingerprint density at radius 3 is 2.87 bits per heavy atom. The molecule has 5 nitrogen and oxygen atoms in total. The van der Waals surface area contributed by atoms with Crippen molar-refractivity contribution in [2.75, 3.05) is 32.8 Å². The fourth-order valence-electron chi connectivity index (χ4n) is 4.37. The first kappa shape index (κ1) is 15.5. The zero-order valence-corrected chi connectivity index (χ0v) is 14.6. The van der Waals surface area contributed by atoms with Crippen molar-refractivity contribution in [2.24, 2.45) is 5.41 Å². The molecular formula is C17H25N3O2S. The first-order chi connectivity index (χ1) is 11.2. The van der Waals surface area contributed by atoms with E-state index in [1.807, 2.05) is 11.8 Å². The van der Waals surface area contributed by atoms with E-state index >= 15 is 0 Å². The Balaban J connectivity index is 1.41. The Morgan fingerprint density at radius 1 is 1.35 bits per heavy atom. The first-order valence-corrected chi connectivity index (χ1v) is 9.56. The van der Waals surface area contributed by atoms with E-state index in [2.05, 4.69) is 15.3 Å². The molecule has 1 unspecified atom stereocenters. The number of hydrogen-bond acceptors (Lipinski definition) is 5. The number of aryl methyl sites for hydroxylation is 1. The number of nitrogens with zero attached hydrogens (tertiary/aromatic N) is 3. The van der Waals surface area contributed by atoms with Crippen LogP contribution in [0.25, 0.3) is 0 Å². The molecule has 0 radical (unpaired) electrons. The highest BCUT2D eigenvalue weighted by atomic mass is 32.1. The molecule has 0 bridgehead atoms. The molecule has 1 spiro atoms. The van der Waals surface area contributed by atoms with Crippen molar-refractivity contribution >= 4 is 17.2 Å². The number of likely N-dealkylation sites (tertiary alicyclic amines) is 2. The minimum Gasteiger partial charge on any atom is -0.381 e. The SMILES string of the molecule is Cc1nc(CN2CCC3(CCN(C4CCOCC4)C3)C2=O)cs1. The third-order valence-corrected chi connectivity index (χ3v) is 6.53. The van der Waals surface area contributed by atoms with Crippen molar-refractivity contribution < 1.29 is 9.53 Å². The zero-order valence-electron chi connectivity index (χ0n) is 13.8. The van der Waals surface area contributed by atoms with Crippen molar-refractivity contribution in [1.29, 1.82) is 0 Å². The number of aromatic nitrogens is 1. The van der Waals surface area contributed by atoms with Gasteiger partial charge in [0.1, 0.15) is 0 Å². The molecule has 0 saturated carbocycles. The predicted molar refractivity (Wildman–Crippen MR) is 89.3 cm³/mol. The van der Waals surface area contributed by atoms with Gasteiger partial charge in [-0.3, -0.25) is 9.69 Å². The van der Waals surface area contributed by atoms with Crippen molar-refractivity contribution in [3.8, 4) is 0 Å². The molecule has 4 rings (SSSR count). The normalized spacial score (nSPS) is 30.0. The molecule has 1 amide bonds. The topological polar surface area (TPSA) is 45.7 Å². The van der Waals surface area contributed by atoms with E-state index < -0.39 is 0 Å². The summed E-state index contributed by atoms with van der Waals surface area (Å²) in [5, 5.41) is 3.16. The molecule has 3 fully saturated rings. The Morgan fingerprint density at radius 2 is 2.13 bits per heavy atom. The van der Waals surface area contributed by atoms with Gasteiger partial charge in [0.25, 0.3) is 0 Å². The minimum absolute atomic E-state index is 0.122. The summed E-state index contributed by atoms with van der Waals surface area (Å²) < 4.78 is 5.48. The molecule has 0 aromatic carbocycles. The van der Waals surface area contributed by atoms with Crippen molar-refractivity contribution in [3.05, 3.63) is 16.1 Å². The van der Waals surface area contributed by atoms with E-state index in [0.717, 1.165) is 69.2 Å². The summed E-state index contributed by atoms with van der Waals surface area (Å²) in [4.78, 5) is 22.1. The largest absolute Gasteiger partial charge is 0.381 e. The van der Waals surface area contributed by atoms with Gasteiger partial charge in [0.05, 0.1) is 22.7 Å². The molecule has 4 heterocycles. The molecule has 1 atom stereocenters. The molecule has 3 aliphatic rings. The van der Waals surface area contributed by atoms with Crippen LogP contribution in [0.3, 0.4) is 0 Å². The number of thiazole rings is 1. The second-order valence-electron chi connectivity index (χ2n) is 7.18. The maximum Gasteiger partial charge on any atom is 0.230 e. The van der Waals surface area contributed by atoms with E-state index in [1.54, 1.807) is 11.3 Å². The van der Waals surface area contributed by atoms with E-state index in [-0.39, 0.29) is 5.41 Å². The van der Waals surface area contributed by atoms with Gasteiger partial charge in [0.15, 0.2) is 0 Å². The van der Waals surface area contributed by atoms with Crippen LogP contribution >= 0.6 is 11.3 Å². The zero-order chi connectivity index (χ0) is 15.9. The Kier molecular flexibility index (Phi) is 4.15. The van der Waals surface area contributed by atoms with Gasteiger partial charge < -0.3 is 9.64 Å². The van der Waals surface area contributed by atoms with Crippen LogP contribution in [0.1, 0.15) is 36.4 Å². The average molecular weight is 335 g/mol. The Hall–Kier alpha value is -0.980. The van der Waals surface area contributed by atoms with Crippen LogP contribution in [0.2, 0.25) is 0 Å². The van der Waals surface area contributed by atoms with Gasteiger partial charge in [0, 0.05) is 37.7 Å². The number of carbonyl (C=O) groups is 1. The molecule has 3 saturated heterocycles. The number of hydrogen-bond donors (Lipinski definition) is 0. The third kappa shape index (κ3) is 2.92. The lowest BCUT2D eigenvalue weighted by molar-refractivity contribution is -0.136. The van der Waals surface area contributed by atoms with E-state index in [0.29, 0.717) is 18.5 Å². The van der Waals surface area contributed by atoms with Gasteiger partial charge in [-0.05, 0) is 39.2 Å². The highest BCUT2D eigenvalue weighted by Crippen LogP contribution is 2.42. The van der Waals surface area contributed by atoms with Crippen molar-refractivity contribution in [3.63, 3.8) is 0 Å². The summed E-state index contributed by atoms with van der Waals surface area (Å²) in [7, 11) is 0. The first-order valence-electron chi connectivity index (χ1n) is 8.68. The molecular weight excluding hydrogens is 310 g/mol. The summed E-state index contributed by atoms with van der Waals surface area (Å²) in [5.41, 5.74) is 0.917. The van der Waals surface area contributed by atoms with Crippen LogP contribution in [-0.2, 0) is 16.1 Å². The minimum atomic E-state index is -0.122. The van der Waals surface area contributed by atoms with Gasteiger partial charge in [-0.2, -0.15) is 0 Å². The van der Waals surface area contributed by atoms with Gasteiger partial charge in [-0.1, -0.05) is 0 Å². The lowest BCUT2D eigenvalue weighted by atomic mass is 9.85. The smallest absolute Gasteiger partial charge is 0.230 e. The summed E-state index contributed by atoms with van der Waals surface area (Å²) in [6, 6.07) is 0.617. The fraction of sp³-hybridized carbons (Fsp3) is 0.765. The average Bonchev–Trinajstić information content (AvgIpc) is 3.26. The number of amides is 1. The third-order valence-electron chi connectivity index (χ3n) is 5.71. The van der Waals surface area contributed by atoms with Crippen LogP contribution in [0.15, 0.2) is 5.38 Å². The van der Waals surface area contributed by atoms with Crippen LogP contribution < -0.4 is 0 Å². The maximum atomic E-state index is 13.0. The molecule has 126 valence electrons. The summed E-state index contributed by atoms with van der Waals surface area (Å²) in [6.45, 7) is 7.35. The lowest BCUT2D eigenvalue weighted by Gasteiger charge is -2.32. The van der Waals surface area contributed by atoms with Crippen LogP contribution in [-0.4, -0.2) is 59.6 Å². The van der Waals surface area contributed by atoms with Crippen molar-refractivity contribution in [1.82, 2.24) is 14.8 Å². The molecule has 0 aliphatic carbocycles. The van der Waals surface area contributed by atoms with Crippen LogP contribution in [0.5, 0.6) is 0 Å². The molecule has 3 aliphatic heterocycles.